The van der Waals surface area contributed by atoms with Crippen LogP contribution in [0.3, 0.4) is 0 Å². The van der Waals surface area contributed by atoms with Gasteiger partial charge in [0.05, 0.1) is 24.5 Å². The zero-order valence-electron chi connectivity index (χ0n) is 14.8. The van der Waals surface area contributed by atoms with Gasteiger partial charge in [0.25, 0.3) is 5.91 Å². The second kappa shape index (κ2) is 6.90. The van der Waals surface area contributed by atoms with E-state index < -0.39 is 6.10 Å². The quantitative estimate of drug-likeness (QED) is 0.854. The predicted molar refractivity (Wildman–Crippen MR) is 95.8 cm³/mol. The number of ether oxygens (including phenoxy) is 2. The highest BCUT2D eigenvalue weighted by Gasteiger charge is 2.30. The summed E-state index contributed by atoms with van der Waals surface area (Å²) in [6.07, 6.45) is -0.637. The highest BCUT2D eigenvalue weighted by atomic mass is 32.1. The molecule has 8 nitrogen and oxygen atoms in total. The number of aliphatic hydroxyl groups is 1. The molecule has 1 atom stereocenters. The predicted octanol–water partition coefficient (Wildman–Crippen LogP) is 0.967. The Morgan fingerprint density at radius 1 is 1.38 bits per heavy atom. The van der Waals surface area contributed by atoms with E-state index in [1.54, 1.807) is 4.90 Å². The molecule has 2 aromatic rings. The second-order valence-corrected chi connectivity index (χ2v) is 7.62. The number of hydrogen-bond acceptors (Lipinski definition) is 7. The molecule has 4 rings (SSSR count). The first-order valence-electron chi connectivity index (χ1n) is 8.58. The van der Waals surface area contributed by atoms with Gasteiger partial charge in [-0.3, -0.25) is 9.48 Å². The van der Waals surface area contributed by atoms with E-state index in [1.807, 2.05) is 35.1 Å². The molecule has 2 aromatic heterocycles. The van der Waals surface area contributed by atoms with Crippen molar-refractivity contribution in [2.45, 2.75) is 19.2 Å². The van der Waals surface area contributed by atoms with Crippen LogP contribution in [0.4, 0.5) is 0 Å². The van der Waals surface area contributed by atoms with Gasteiger partial charge in [0.2, 0.25) is 0 Å². The molecule has 4 heterocycles. The van der Waals surface area contributed by atoms with Crippen LogP contribution in [0.15, 0.2) is 11.4 Å². The van der Waals surface area contributed by atoms with Gasteiger partial charge in [0, 0.05) is 18.5 Å². The zero-order chi connectivity index (χ0) is 18.3. The topological polar surface area (TPSA) is 80.1 Å². The maximum absolute atomic E-state index is 12.9. The Balaban J connectivity index is 1.50. The van der Waals surface area contributed by atoms with Gasteiger partial charge >= 0.3 is 0 Å². The average Bonchev–Trinajstić information content (AvgIpc) is 3.24. The smallest absolute Gasteiger partial charge is 0.268 e. The van der Waals surface area contributed by atoms with E-state index in [0.717, 1.165) is 5.69 Å². The molecule has 0 bridgehead atoms. The second-order valence-electron chi connectivity index (χ2n) is 6.74. The van der Waals surface area contributed by atoms with E-state index in [9.17, 15) is 9.90 Å². The van der Waals surface area contributed by atoms with Crippen LogP contribution in [0.5, 0.6) is 11.5 Å². The minimum Gasteiger partial charge on any atom is -0.485 e. The molecule has 0 spiro atoms. The van der Waals surface area contributed by atoms with Crippen LogP contribution >= 0.6 is 11.3 Å². The third-order valence-electron chi connectivity index (χ3n) is 4.48. The molecule has 1 unspecified atom stereocenters. The zero-order valence-corrected chi connectivity index (χ0v) is 15.7. The Kier molecular flexibility index (Phi) is 4.60. The van der Waals surface area contributed by atoms with Crippen molar-refractivity contribution in [3.63, 3.8) is 0 Å². The fourth-order valence-electron chi connectivity index (χ4n) is 3.22. The van der Waals surface area contributed by atoms with Crippen LogP contribution in [0, 0.1) is 0 Å². The third kappa shape index (κ3) is 3.17. The van der Waals surface area contributed by atoms with Crippen molar-refractivity contribution in [1.82, 2.24) is 19.6 Å². The number of carbonyl (C=O) groups excluding carboxylic acids is 1. The molecule has 0 radical (unpaired) electrons. The number of carbonyl (C=O) groups is 1. The lowest BCUT2D eigenvalue weighted by atomic mass is 10.2. The van der Waals surface area contributed by atoms with Gasteiger partial charge in [-0.1, -0.05) is 0 Å². The molecule has 0 aromatic carbocycles. The highest BCUT2D eigenvalue weighted by molar-refractivity contribution is 7.12. The Bertz CT molecular complexity index is 816. The van der Waals surface area contributed by atoms with E-state index in [0.29, 0.717) is 61.5 Å². The number of rotatable bonds is 4. The van der Waals surface area contributed by atoms with E-state index in [-0.39, 0.29) is 5.91 Å². The summed E-state index contributed by atoms with van der Waals surface area (Å²) in [6.45, 7) is 3.14. The van der Waals surface area contributed by atoms with Crippen molar-refractivity contribution in [2.24, 2.45) is 0 Å². The molecule has 1 amide bonds. The summed E-state index contributed by atoms with van der Waals surface area (Å²) < 4.78 is 13.0. The van der Waals surface area contributed by atoms with Gasteiger partial charge in [-0.2, -0.15) is 5.10 Å². The van der Waals surface area contributed by atoms with Crippen LogP contribution < -0.4 is 9.47 Å². The van der Waals surface area contributed by atoms with Gasteiger partial charge in [-0.25, -0.2) is 0 Å². The molecule has 0 saturated carbocycles. The van der Waals surface area contributed by atoms with Gasteiger partial charge < -0.3 is 24.4 Å². The SMILES string of the molecule is CN(C)CC(O)c1cc2n(n1)CCN(C(=O)c1scc3c1OCCO3)C2. The Hall–Kier alpha value is -2.10. The Morgan fingerprint density at radius 2 is 2.19 bits per heavy atom. The first-order chi connectivity index (χ1) is 12.5. The first kappa shape index (κ1) is 17.3. The van der Waals surface area contributed by atoms with Crippen LogP contribution in [-0.2, 0) is 13.1 Å². The molecule has 2 aliphatic heterocycles. The normalized spacial score (nSPS) is 17.3. The maximum Gasteiger partial charge on any atom is 0.268 e. The lowest BCUT2D eigenvalue weighted by Gasteiger charge is -2.27. The first-order valence-corrected chi connectivity index (χ1v) is 9.46. The monoisotopic (exact) mass is 378 g/mol. The van der Waals surface area contributed by atoms with Crippen LogP contribution in [0.1, 0.15) is 27.2 Å². The van der Waals surface area contributed by atoms with Crippen molar-refractivity contribution in [2.75, 3.05) is 40.4 Å². The maximum atomic E-state index is 12.9. The van der Waals surface area contributed by atoms with E-state index in [4.69, 9.17) is 9.47 Å². The Morgan fingerprint density at radius 3 is 3.00 bits per heavy atom. The lowest BCUT2D eigenvalue weighted by Crippen LogP contribution is -2.38. The molecule has 9 heteroatoms. The number of thiophene rings is 1. The van der Waals surface area contributed by atoms with Gasteiger partial charge in [-0.15, -0.1) is 11.3 Å². The molecular weight excluding hydrogens is 356 g/mol. The molecule has 0 fully saturated rings. The minimum absolute atomic E-state index is 0.0513. The average molecular weight is 378 g/mol. The van der Waals surface area contributed by atoms with Gasteiger partial charge in [0.1, 0.15) is 24.2 Å². The highest BCUT2D eigenvalue weighted by Crippen LogP contribution is 2.40. The summed E-state index contributed by atoms with van der Waals surface area (Å²) in [5.74, 6) is 1.16. The molecule has 0 saturated heterocycles. The number of hydrogen-bond donors (Lipinski definition) is 1. The van der Waals surface area contributed by atoms with Crippen molar-refractivity contribution in [3.05, 3.63) is 27.7 Å². The fraction of sp³-hybridized carbons (Fsp3) is 0.529. The van der Waals surface area contributed by atoms with Crippen molar-refractivity contribution < 1.29 is 19.4 Å². The number of amides is 1. The minimum atomic E-state index is -0.637. The number of aromatic nitrogens is 2. The van der Waals surface area contributed by atoms with Crippen LogP contribution in [0.25, 0.3) is 0 Å². The number of nitrogens with zero attached hydrogens (tertiary/aromatic N) is 4. The van der Waals surface area contributed by atoms with Gasteiger partial charge in [-0.05, 0) is 20.2 Å². The summed E-state index contributed by atoms with van der Waals surface area (Å²) in [4.78, 5) is 17.2. The lowest BCUT2D eigenvalue weighted by molar-refractivity contribution is 0.0702. The molecular formula is C17H22N4O4S. The van der Waals surface area contributed by atoms with Crippen molar-refractivity contribution in [3.8, 4) is 11.5 Å². The van der Waals surface area contributed by atoms with Crippen molar-refractivity contribution >= 4 is 17.2 Å². The largest absolute Gasteiger partial charge is 0.485 e. The van der Waals surface area contributed by atoms with E-state index in [2.05, 4.69) is 5.10 Å². The molecule has 1 N–H and O–H groups in total. The molecule has 0 aliphatic carbocycles. The summed E-state index contributed by atoms with van der Waals surface area (Å²) >= 11 is 1.36. The number of likely N-dealkylation sites (N-methyl/N-ethyl adjacent to an activating group) is 1. The van der Waals surface area contributed by atoms with Crippen LogP contribution in [-0.4, -0.2) is 71.0 Å². The van der Waals surface area contributed by atoms with Crippen LogP contribution in [0.2, 0.25) is 0 Å². The molecule has 26 heavy (non-hydrogen) atoms. The number of aliphatic hydroxyl groups excluding tert-OH is 1. The fourth-order valence-corrected chi connectivity index (χ4v) is 4.11. The number of fused-ring (bicyclic) bond motifs is 2. The summed E-state index contributed by atoms with van der Waals surface area (Å²) in [6, 6.07) is 1.89. The standard InChI is InChI=1S/C17H22N4O4S/c1-19(2)9-13(22)12-7-11-8-20(3-4-21(11)18-12)17(23)16-15-14(10-26-16)24-5-6-25-15/h7,10,13,22H,3-6,8-9H2,1-2H3. The summed E-state index contributed by atoms with van der Waals surface area (Å²) in [5.41, 5.74) is 1.58. The van der Waals surface area contributed by atoms with Crippen molar-refractivity contribution in [1.29, 1.82) is 0 Å². The third-order valence-corrected chi connectivity index (χ3v) is 5.41. The Labute approximate surface area is 155 Å². The summed E-state index contributed by atoms with van der Waals surface area (Å²) in [5, 5.41) is 16.6. The summed E-state index contributed by atoms with van der Waals surface area (Å²) in [7, 11) is 3.82. The van der Waals surface area contributed by atoms with E-state index >= 15 is 0 Å². The van der Waals surface area contributed by atoms with E-state index in [1.165, 1.54) is 11.3 Å². The molecule has 140 valence electrons. The van der Waals surface area contributed by atoms with Gasteiger partial charge in [0.15, 0.2) is 11.5 Å². The molecule has 2 aliphatic rings.